The van der Waals surface area contributed by atoms with E-state index in [1.807, 2.05) is 0 Å². The molecular weight excluding hydrogens is 268 g/mol. The third-order valence-electron chi connectivity index (χ3n) is 2.58. The van der Waals surface area contributed by atoms with Gasteiger partial charge in [0.05, 0.1) is 12.2 Å². The van der Waals surface area contributed by atoms with Gasteiger partial charge in [0.2, 0.25) is 10.0 Å². The Morgan fingerprint density at radius 2 is 2.26 bits per heavy atom. The summed E-state index contributed by atoms with van der Waals surface area (Å²) in [7, 11) is -0.503. The first kappa shape index (κ1) is 13.4. The van der Waals surface area contributed by atoms with Crippen LogP contribution < -0.4 is 5.32 Å². The molecule has 0 radical (unpaired) electrons. The molecule has 0 aliphatic rings. The van der Waals surface area contributed by atoms with Gasteiger partial charge in [-0.15, -0.1) is 0 Å². The molecule has 102 valence electrons. The van der Waals surface area contributed by atoms with E-state index in [4.69, 9.17) is 0 Å². The van der Waals surface area contributed by atoms with E-state index in [1.165, 1.54) is 30.1 Å². The molecular formula is C10H14N6O2S. The van der Waals surface area contributed by atoms with E-state index >= 15 is 0 Å². The molecule has 9 heteroatoms. The van der Waals surface area contributed by atoms with Crippen molar-refractivity contribution >= 4 is 15.7 Å². The number of nitrogens with zero attached hydrogens (tertiary/aromatic N) is 4. The zero-order valence-corrected chi connectivity index (χ0v) is 11.3. The van der Waals surface area contributed by atoms with E-state index in [2.05, 4.69) is 25.5 Å². The Kier molecular flexibility index (Phi) is 3.76. The van der Waals surface area contributed by atoms with Crippen molar-refractivity contribution in [2.24, 2.45) is 0 Å². The maximum atomic E-state index is 12.4. The van der Waals surface area contributed by atoms with E-state index in [9.17, 15) is 8.42 Å². The van der Waals surface area contributed by atoms with Crippen LogP contribution in [0.4, 0.5) is 5.69 Å². The summed E-state index contributed by atoms with van der Waals surface area (Å²) < 4.78 is 26.0. The minimum atomic E-state index is -3.64. The van der Waals surface area contributed by atoms with Gasteiger partial charge in [-0.2, -0.15) is 9.40 Å². The second-order valence-corrected chi connectivity index (χ2v) is 5.83. The van der Waals surface area contributed by atoms with Crippen molar-refractivity contribution in [3.05, 3.63) is 30.6 Å². The smallest absolute Gasteiger partial charge is 0.246 e. The lowest BCUT2D eigenvalue weighted by Gasteiger charge is -2.17. The number of pyridine rings is 1. The van der Waals surface area contributed by atoms with Crippen LogP contribution in [0.15, 0.2) is 29.7 Å². The Morgan fingerprint density at radius 1 is 1.47 bits per heavy atom. The summed E-state index contributed by atoms with van der Waals surface area (Å²) in [5.41, 5.74) is 0.499. The summed E-state index contributed by atoms with van der Waals surface area (Å²) in [4.78, 5) is 7.88. The fourth-order valence-corrected chi connectivity index (χ4v) is 2.83. The standard InChI is InChI=1S/C10H14N6O2S/c1-11-8-3-4-12-5-9(8)19(17,18)16(2)6-10-13-7-14-15-10/h3-5,7H,6H2,1-2H3,(H,11,12)(H,13,14,15). The molecule has 0 saturated heterocycles. The Hall–Kier alpha value is -2.00. The zero-order chi connectivity index (χ0) is 13.9. The molecule has 2 aromatic rings. The highest BCUT2D eigenvalue weighted by Gasteiger charge is 2.24. The van der Waals surface area contributed by atoms with E-state index in [0.29, 0.717) is 11.5 Å². The molecule has 19 heavy (non-hydrogen) atoms. The predicted molar refractivity (Wildman–Crippen MR) is 68.8 cm³/mol. The van der Waals surface area contributed by atoms with Gasteiger partial charge >= 0.3 is 0 Å². The number of anilines is 1. The van der Waals surface area contributed by atoms with Gasteiger partial charge in [0.25, 0.3) is 0 Å². The number of aromatic amines is 1. The second kappa shape index (κ2) is 5.33. The third kappa shape index (κ3) is 2.71. The van der Waals surface area contributed by atoms with E-state index in [0.717, 1.165) is 0 Å². The summed E-state index contributed by atoms with van der Waals surface area (Å²) in [6.45, 7) is 0.111. The third-order valence-corrected chi connectivity index (χ3v) is 4.41. The van der Waals surface area contributed by atoms with Gasteiger partial charge < -0.3 is 5.32 Å². The highest BCUT2D eigenvalue weighted by molar-refractivity contribution is 7.89. The van der Waals surface area contributed by atoms with Crippen molar-refractivity contribution in [1.29, 1.82) is 0 Å². The molecule has 0 unspecified atom stereocenters. The van der Waals surface area contributed by atoms with Crippen LogP contribution in [0.1, 0.15) is 5.82 Å². The van der Waals surface area contributed by atoms with Gasteiger partial charge in [-0.1, -0.05) is 0 Å². The maximum absolute atomic E-state index is 12.4. The summed E-state index contributed by atoms with van der Waals surface area (Å²) >= 11 is 0. The molecule has 0 aliphatic carbocycles. The first-order valence-electron chi connectivity index (χ1n) is 5.48. The molecule has 0 saturated carbocycles. The number of hydrogen-bond donors (Lipinski definition) is 2. The topological polar surface area (TPSA) is 104 Å². The highest BCUT2D eigenvalue weighted by Crippen LogP contribution is 2.22. The Morgan fingerprint density at radius 3 is 2.89 bits per heavy atom. The van der Waals surface area contributed by atoms with Crippen molar-refractivity contribution in [3.8, 4) is 0 Å². The van der Waals surface area contributed by atoms with E-state index in [-0.39, 0.29) is 11.4 Å². The average molecular weight is 282 g/mol. The fourth-order valence-electron chi connectivity index (χ4n) is 1.56. The minimum Gasteiger partial charge on any atom is -0.387 e. The molecule has 2 aromatic heterocycles. The van der Waals surface area contributed by atoms with Crippen LogP contribution in [0, 0.1) is 0 Å². The molecule has 8 nitrogen and oxygen atoms in total. The number of hydrogen-bond acceptors (Lipinski definition) is 6. The molecule has 0 aliphatic heterocycles. The summed E-state index contributed by atoms with van der Waals surface area (Å²) in [5.74, 6) is 0.473. The monoisotopic (exact) mass is 282 g/mol. The maximum Gasteiger partial charge on any atom is 0.246 e. The average Bonchev–Trinajstić information content (AvgIpc) is 2.91. The molecule has 2 heterocycles. The van der Waals surface area contributed by atoms with Crippen LogP contribution in [0.2, 0.25) is 0 Å². The molecule has 2 N–H and O–H groups in total. The largest absolute Gasteiger partial charge is 0.387 e. The summed E-state index contributed by atoms with van der Waals surface area (Å²) in [5, 5.41) is 9.14. The first-order chi connectivity index (χ1) is 9.05. The van der Waals surface area contributed by atoms with Gasteiger partial charge in [-0.05, 0) is 6.07 Å². The Bertz CT molecular complexity index is 640. The van der Waals surface area contributed by atoms with E-state index in [1.54, 1.807) is 13.1 Å². The fraction of sp³-hybridized carbons (Fsp3) is 0.300. The lowest BCUT2D eigenvalue weighted by molar-refractivity contribution is 0.457. The van der Waals surface area contributed by atoms with Crippen LogP contribution in [0.25, 0.3) is 0 Å². The minimum absolute atomic E-state index is 0.111. The Balaban J connectivity index is 2.31. The van der Waals surface area contributed by atoms with Crippen LogP contribution in [-0.4, -0.2) is 47.0 Å². The van der Waals surface area contributed by atoms with Crippen molar-refractivity contribution < 1.29 is 8.42 Å². The van der Waals surface area contributed by atoms with E-state index < -0.39 is 10.0 Å². The van der Waals surface area contributed by atoms with Crippen molar-refractivity contribution in [2.45, 2.75) is 11.4 Å². The van der Waals surface area contributed by atoms with Gasteiger partial charge in [-0.3, -0.25) is 10.1 Å². The van der Waals surface area contributed by atoms with Crippen LogP contribution in [0.3, 0.4) is 0 Å². The summed E-state index contributed by atoms with van der Waals surface area (Å²) in [6, 6.07) is 1.61. The number of sulfonamides is 1. The van der Waals surface area contributed by atoms with Crippen molar-refractivity contribution in [1.82, 2.24) is 24.5 Å². The van der Waals surface area contributed by atoms with Crippen molar-refractivity contribution in [2.75, 3.05) is 19.4 Å². The van der Waals surface area contributed by atoms with Gasteiger partial charge in [0.1, 0.15) is 17.0 Å². The molecule has 0 spiro atoms. The lowest BCUT2D eigenvalue weighted by atomic mass is 10.4. The lowest BCUT2D eigenvalue weighted by Crippen LogP contribution is -2.27. The molecule has 0 amide bonds. The highest BCUT2D eigenvalue weighted by atomic mass is 32.2. The molecule has 2 rings (SSSR count). The SMILES string of the molecule is CNc1ccncc1S(=O)(=O)N(C)Cc1ncn[nH]1. The van der Waals surface area contributed by atoms with Crippen LogP contribution in [0.5, 0.6) is 0 Å². The van der Waals surface area contributed by atoms with Gasteiger partial charge in [-0.25, -0.2) is 13.4 Å². The molecule has 0 atom stereocenters. The van der Waals surface area contributed by atoms with Crippen LogP contribution in [-0.2, 0) is 16.6 Å². The molecule has 0 aromatic carbocycles. The second-order valence-electron chi connectivity index (χ2n) is 3.82. The Labute approximate surface area is 110 Å². The predicted octanol–water partition coefficient (Wildman–Crippen LogP) is 0.0621. The quantitative estimate of drug-likeness (QED) is 0.803. The molecule has 0 bridgehead atoms. The van der Waals surface area contributed by atoms with Gasteiger partial charge in [0.15, 0.2) is 0 Å². The summed E-state index contributed by atoms with van der Waals surface area (Å²) in [6.07, 6.45) is 4.18. The van der Waals surface area contributed by atoms with Crippen molar-refractivity contribution in [3.63, 3.8) is 0 Å². The normalized spacial score (nSPS) is 11.7. The molecule has 0 fully saturated rings. The number of aromatic nitrogens is 4. The number of rotatable bonds is 5. The number of H-pyrrole nitrogens is 1. The van der Waals surface area contributed by atoms with Gasteiger partial charge in [0, 0.05) is 26.5 Å². The van der Waals surface area contributed by atoms with Crippen LogP contribution >= 0.6 is 0 Å². The zero-order valence-electron chi connectivity index (χ0n) is 10.5. The first-order valence-corrected chi connectivity index (χ1v) is 6.92. The number of nitrogens with one attached hydrogen (secondary N) is 2.